The molecule has 0 aliphatic carbocycles. The molecule has 0 saturated carbocycles. The summed E-state index contributed by atoms with van der Waals surface area (Å²) in [6.45, 7) is 3.40. The summed E-state index contributed by atoms with van der Waals surface area (Å²) in [5.74, 6) is 2.20. The minimum absolute atomic E-state index is 0.472. The lowest BCUT2D eigenvalue weighted by Crippen LogP contribution is -1.94. The lowest BCUT2D eigenvalue weighted by atomic mass is 10.2. The standard InChI is InChI=1S/C6H7NO/c1-3-5-6(4-2)7-8/h2-3,6H,1,5H2. The van der Waals surface area contributed by atoms with Crippen LogP contribution in [0.4, 0.5) is 0 Å². The highest BCUT2D eigenvalue weighted by atomic mass is 16.3. The van der Waals surface area contributed by atoms with Crippen LogP contribution in [0.25, 0.3) is 0 Å². The highest BCUT2D eigenvalue weighted by Crippen LogP contribution is 1.93. The van der Waals surface area contributed by atoms with Crippen LogP contribution in [-0.4, -0.2) is 6.04 Å². The topological polar surface area (TPSA) is 29.4 Å². The molecule has 0 radical (unpaired) electrons. The largest absolute Gasteiger partial charge is 0.155 e. The number of hydrogen-bond donors (Lipinski definition) is 0. The van der Waals surface area contributed by atoms with Crippen molar-refractivity contribution in [1.82, 2.24) is 0 Å². The highest BCUT2D eigenvalue weighted by Gasteiger charge is 1.96. The Kier molecular flexibility index (Phi) is 3.51. The molecule has 0 aromatic heterocycles. The maximum Gasteiger partial charge on any atom is 0.155 e. The number of terminal acetylenes is 1. The van der Waals surface area contributed by atoms with Gasteiger partial charge in [0.15, 0.2) is 6.04 Å². The van der Waals surface area contributed by atoms with Crippen LogP contribution >= 0.6 is 0 Å². The molecular formula is C6H7NO. The van der Waals surface area contributed by atoms with Crippen molar-refractivity contribution < 1.29 is 0 Å². The summed E-state index contributed by atoms with van der Waals surface area (Å²) in [6.07, 6.45) is 6.93. The van der Waals surface area contributed by atoms with Crippen molar-refractivity contribution in [2.75, 3.05) is 0 Å². The van der Waals surface area contributed by atoms with E-state index < -0.39 is 6.04 Å². The second-order valence-electron chi connectivity index (χ2n) is 1.31. The average Bonchev–Trinajstić information content (AvgIpc) is 1.83. The Morgan fingerprint density at radius 1 is 2.00 bits per heavy atom. The second-order valence-corrected chi connectivity index (χ2v) is 1.31. The molecule has 0 spiro atoms. The number of nitroso groups, excluding NO2 is 1. The number of rotatable bonds is 3. The maximum absolute atomic E-state index is 9.69. The third-order valence-corrected chi connectivity index (χ3v) is 0.710. The molecule has 0 N–H and O–H groups in total. The van der Waals surface area contributed by atoms with Gasteiger partial charge in [-0.3, -0.25) is 0 Å². The first-order chi connectivity index (χ1) is 3.85. The van der Waals surface area contributed by atoms with Gasteiger partial charge >= 0.3 is 0 Å². The van der Waals surface area contributed by atoms with Crippen molar-refractivity contribution in [3.05, 3.63) is 17.6 Å². The van der Waals surface area contributed by atoms with Crippen molar-refractivity contribution in [3.8, 4) is 12.3 Å². The van der Waals surface area contributed by atoms with Gasteiger partial charge in [0.25, 0.3) is 0 Å². The molecule has 0 aliphatic rings. The zero-order valence-electron chi connectivity index (χ0n) is 4.50. The van der Waals surface area contributed by atoms with E-state index in [4.69, 9.17) is 6.42 Å². The highest BCUT2D eigenvalue weighted by molar-refractivity contribution is 5.01. The van der Waals surface area contributed by atoms with E-state index in [1.54, 1.807) is 6.08 Å². The average molecular weight is 109 g/mol. The van der Waals surface area contributed by atoms with E-state index in [-0.39, 0.29) is 0 Å². The van der Waals surface area contributed by atoms with E-state index in [1.165, 1.54) is 0 Å². The fourth-order valence-electron chi connectivity index (χ4n) is 0.299. The van der Waals surface area contributed by atoms with Crippen molar-refractivity contribution in [2.45, 2.75) is 12.5 Å². The molecule has 0 fully saturated rings. The molecule has 0 aliphatic heterocycles. The summed E-state index contributed by atoms with van der Waals surface area (Å²) in [7, 11) is 0. The molecule has 1 atom stereocenters. The molecule has 2 nitrogen and oxygen atoms in total. The van der Waals surface area contributed by atoms with Gasteiger partial charge in [0.1, 0.15) is 0 Å². The number of nitrogens with zero attached hydrogens (tertiary/aromatic N) is 1. The first-order valence-corrected chi connectivity index (χ1v) is 2.24. The minimum atomic E-state index is -0.521. The van der Waals surface area contributed by atoms with Crippen molar-refractivity contribution >= 4 is 0 Å². The Hall–Kier alpha value is -1.10. The predicted molar refractivity (Wildman–Crippen MR) is 33.2 cm³/mol. The van der Waals surface area contributed by atoms with Crippen LogP contribution in [-0.2, 0) is 0 Å². The molecule has 0 amide bonds. The molecule has 2 heteroatoms. The van der Waals surface area contributed by atoms with Gasteiger partial charge in [0.2, 0.25) is 0 Å². The zero-order valence-corrected chi connectivity index (χ0v) is 4.50. The first-order valence-electron chi connectivity index (χ1n) is 2.24. The molecule has 0 rings (SSSR count). The van der Waals surface area contributed by atoms with Crippen LogP contribution in [0.1, 0.15) is 6.42 Å². The Labute approximate surface area is 48.6 Å². The van der Waals surface area contributed by atoms with E-state index in [0.29, 0.717) is 6.42 Å². The maximum atomic E-state index is 9.69. The zero-order chi connectivity index (χ0) is 6.41. The van der Waals surface area contributed by atoms with E-state index in [1.807, 2.05) is 0 Å². The lowest BCUT2D eigenvalue weighted by molar-refractivity contribution is 0.857. The summed E-state index contributed by atoms with van der Waals surface area (Å²) >= 11 is 0. The van der Waals surface area contributed by atoms with Crippen molar-refractivity contribution in [2.24, 2.45) is 5.18 Å². The van der Waals surface area contributed by atoms with E-state index >= 15 is 0 Å². The Morgan fingerprint density at radius 2 is 2.62 bits per heavy atom. The van der Waals surface area contributed by atoms with E-state index in [9.17, 15) is 4.91 Å². The molecule has 0 aromatic rings. The van der Waals surface area contributed by atoms with E-state index in [0.717, 1.165) is 0 Å². The molecule has 0 saturated heterocycles. The third-order valence-electron chi connectivity index (χ3n) is 0.710. The van der Waals surface area contributed by atoms with Crippen LogP contribution in [0.15, 0.2) is 17.8 Å². The van der Waals surface area contributed by atoms with Crippen LogP contribution in [0, 0.1) is 17.3 Å². The fraction of sp³-hybridized carbons (Fsp3) is 0.333. The van der Waals surface area contributed by atoms with Gasteiger partial charge in [0, 0.05) is 6.42 Å². The quantitative estimate of drug-likeness (QED) is 0.305. The van der Waals surface area contributed by atoms with Crippen LogP contribution in [0.5, 0.6) is 0 Å². The monoisotopic (exact) mass is 109 g/mol. The lowest BCUT2D eigenvalue weighted by Gasteiger charge is -1.90. The summed E-state index contributed by atoms with van der Waals surface area (Å²) in [5, 5.41) is 2.64. The van der Waals surface area contributed by atoms with Gasteiger partial charge in [-0.15, -0.1) is 17.9 Å². The van der Waals surface area contributed by atoms with Crippen LogP contribution < -0.4 is 0 Å². The van der Waals surface area contributed by atoms with Gasteiger partial charge in [-0.2, -0.15) is 0 Å². The van der Waals surface area contributed by atoms with Gasteiger partial charge < -0.3 is 0 Å². The molecule has 42 valence electrons. The minimum Gasteiger partial charge on any atom is -0.149 e. The summed E-state index contributed by atoms with van der Waals surface area (Å²) in [5.41, 5.74) is 0. The SMILES string of the molecule is C#CC(CC=C)N=O. The van der Waals surface area contributed by atoms with Crippen molar-refractivity contribution in [3.63, 3.8) is 0 Å². The van der Waals surface area contributed by atoms with Crippen LogP contribution in [0.2, 0.25) is 0 Å². The van der Waals surface area contributed by atoms with Crippen LogP contribution in [0.3, 0.4) is 0 Å². The van der Waals surface area contributed by atoms with Crippen molar-refractivity contribution in [1.29, 1.82) is 0 Å². The summed E-state index contributed by atoms with van der Waals surface area (Å²) in [6, 6.07) is -0.521. The Balaban J connectivity index is 3.56. The third kappa shape index (κ3) is 2.14. The first kappa shape index (κ1) is 6.90. The molecule has 0 bridgehead atoms. The van der Waals surface area contributed by atoms with Gasteiger partial charge in [-0.1, -0.05) is 17.2 Å². The van der Waals surface area contributed by atoms with Gasteiger partial charge in [-0.25, -0.2) is 0 Å². The summed E-state index contributed by atoms with van der Waals surface area (Å²) in [4.78, 5) is 9.69. The normalized spacial score (nSPS) is 11.4. The number of hydrogen-bond acceptors (Lipinski definition) is 2. The molecule has 1 unspecified atom stereocenters. The molecule has 0 heterocycles. The summed E-state index contributed by atoms with van der Waals surface area (Å²) < 4.78 is 0. The molecular weight excluding hydrogens is 102 g/mol. The van der Waals surface area contributed by atoms with E-state index in [2.05, 4.69) is 17.7 Å². The molecule has 0 aromatic carbocycles. The second kappa shape index (κ2) is 4.07. The Bertz CT molecular complexity index is 123. The molecule has 8 heavy (non-hydrogen) atoms. The predicted octanol–water partition coefficient (Wildman–Crippen LogP) is 1.33. The van der Waals surface area contributed by atoms with Gasteiger partial charge in [0.05, 0.1) is 0 Å². The fourth-order valence-corrected chi connectivity index (χ4v) is 0.299. The Morgan fingerprint density at radius 3 is 2.75 bits per heavy atom. The smallest absolute Gasteiger partial charge is 0.149 e. The van der Waals surface area contributed by atoms with Gasteiger partial charge in [-0.05, 0) is 0 Å².